The topological polar surface area (TPSA) is 66.4 Å². The van der Waals surface area contributed by atoms with Crippen LogP contribution in [0.1, 0.15) is 32.1 Å². The average Bonchev–Trinajstić information content (AvgIpc) is 2.16. The lowest BCUT2D eigenvalue weighted by Crippen LogP contribution is -2.45. The maximum atomic E-state index is 12.0. The van der Waals surface area contributed by atoms with Crippen LogP contribution in [0.5, 0.6) is 0 Å². The second-order valence-electron chi connectivity index (χ2n) is 3.91. The van der Waals surface area contributed by atoms with E-state index in [1.54, 1.807) is 4.72 Å². The van der Waals surface area contributed by atoms with Crippen molar-refractivity contribution in [1.82, 2.24) is 4.72 Å². The standard InChI is InChI=1S/C8H15F2NO3S/c9-7(10)15(13,14)11-6-8(12)4-2-1-3-5-8/h7,11-12H,1-6H2. The van der Waals surface area contributed by atoms with Crippen molar-refractivity contribution in [3.05, 3.63) is 0 Å². The van der Waals surface area contributed by atoms with Gasteiger partial charge in [-0.25, -0.2) is 13.1 Å². The molecule has 0 unspecified atom stereocenters. The Hall–Kier alpha value is -0.270. The molecule has 0 aromatic rings. The van der Waals surface area contributed by atoms with Crippen LogP contribution in [0.15, 0.2) is 0 Å². The first kappa shape index (κ1) is 12.8. The third kappa shape index (κ3) is 3.66. The molecule has 0 aromatic heterocycles. The van der Waals surface area contributed by atoms with Gasteiger partial charge in [0.1, 0.15) is 0 Å². The molecule has 0 bridgehead atoms. The van der Waals surface area contributed by atoms with Gasteiger partial charge in [-0.15, -0.1) is 0 Å². The summed E-state index contributed by atoms with van der Waals surface area (Å²) in [5.74, 6) is -3.44. The summed E-state index contributed by atoms with van der Waals surface area (Å²) in [6.07, 6.45) is 3.50. The molecule has 1 saturated carbocycles. The zero-order valence-corrected chi connectivity index (χ0v) is 9.06. The van der Waals surface area contributed by atoms with Gasteiger partial charge in [0.25, 0.3) is 10.0 Å². The Bertz CT molecular complexity index is 299. The molecule has 4 nitrogen and oxygen atoms in total. The summed E-state index contributed by atoms with van der Waals surface area (Å²) in [7, 11) is -4.58. The molecule has 15 heavy (non-hydrogen) atoms. The zero-order chi connectivity index (χ0) is 11.5. The molecule has 0 heterocycles. The fourth-order valence-corrected chi connectivity index (χ4v) is 2.28. The molecule has 0 amide bonds. The first-order valence-corrected chi connectivity index (χ1v) is 6.39. The van der Waals surface area contributed by atoms with Crippen molar-refractivity contribution >= 4 is 10.0 Å². The monoisotopic (exact) mass is 243 g/mol. The minimum Gasteiger partial charge on any atom is -0.389 e. The molecular weight excluding hydrogens is 228 g/mol. The highest BCUT2D eigenvalue weighted by molar-refractivity contribution is 7.89. The molecule has 7 heteroatoms. The highest BCUT2D eigenvalue weighted by atomic mass is 32.2. The summed E-state index contributed by atoms with van der Waals surface area (Å²) in [5.41, 5.74) is -1.15. The average molecular weight is 243 g/mol. The molecule has 2 N–H and O–H groups in total. The Morgan fingerprint density at radius 3 is 2.27 bits per heavy atom. The maximum Gasteiger partial charge on any atom is 0.350 e. The summed E-state index contributed by atoms with van der Waals surface area (Å²) in [5, 5.41) is 9.84. The third-order valence-corrected chi connectivity index (χ3v) is 3.64. The van der Waals surface area contributed by atoms with Crippen LogP contribution in [0.25, 0.3) is 0 Å². The number of hydrogen-bond acceptors (Lipinski definition) is 3. The van der Waals surface area contributed by atoms with E-state index in [4.69, 9.17) is 0 Å². The van der Waals surface area contributed by atoms with Gasteiger partial charge < -0.3 is 5.11 Å². The molecular formula is C8H15F2NO3S. The van der Waals surface area contributed by atoms with Crippen molar-refractivity contribution < 1.29 is 22.3 Å². The quantitative estimate of drug-likeness (QED) is 0.768. The summed E-state index contributed by atoms with van der Waals surface area (Å²) in [4.78, 5) is 0. The van der Waals surface area contributed by atoms with E-state index in [2.05, 4.69) is 0 Å². The third-order valence-electron chi connectivity index (χ3n) is 2.62. The van der Waals surface area contributed by atoms with Gasteiger partial charge >= 0.3 is 5.76 Å². The van der Waals surface area contributed by atoms with Crippen LogP contribution in [-0.4, -0.2) is 31.4 Å². The molecule has 0 aliphatic heterocycles. The fraction of sp³-hybridized carbons (Fsp3) is 1.00. The molecule has 1 aliphatic rings. The molecule has 0 atom stereocenters. The smallest absolute Gasteiger partial charge is 0.350 e. The summed E-state index contributed by atoms with van der Waals surface area (Å²) < 4.78 is 47.1. The van der Waals surface area contributed by atoms with Crippen molar-refractivity contribution in [3.63, 3.8) is 0 Å². The lowest BCUT2D eigenvalue weighted by atomic mass is 9.85. The molecule has 1 rings (SSSR count). The predicted octanol–water partition coefficient (Wildman–Crippen LogP) is 0.824. The molecule has 0 radical (unpaired) electrons. The molecule has 0 aromatic carbocycles. The molecule has 90 valence electrons. The Morgan fingerprint density at radius 2 is 1.80 bits per heavy atom. The van der Waals surface area contributed by atoms with Crippen molar-refractivity contribution in [2.75, 3.05) is 6.54 Å². The van der Waals surface area contributed by atoms with E-state index in [0.29, 0.717) is 12.8 Å². The van der Waals surface area contributed by atoms with E-state index in [-0.39, 0.29) is 6.54 Å². The Morgan fingerprint density at radius 1 is 1.27 bits per heavy atom. The molecule has 1 aliphatic carbocycles. The van der Waals surface area contributed by atoms with E-state index in [9.17, 15) is 22.3 Å². The number of rotatable bonds is 4. The summed E-state index contributed by atoms with van der Waals surface area (Å²) in [6, 6.07) is 0. The number of aliphatic hydroxyl groups is 1. The van der Waals surface area contributed by atoms with Crippen LogP contribution in [0.2, 0.25) is 0 Å². The van der Waals surface area contributed by atoms with Crippen LogP contribution >= 0.6 is 0 Å². The second kappa shape index (κ2) is 4.71. The molecule has 1 fully saturated rings. The van der Waals surface area contributed by atoms with Crippen molar-refractivity contribution in [2.45, 2.75) is 43.5 Å². The molecule has 0 saturated heterocycles. The normalized spacial score (nSPS) is 21.9. The van der Waals surface area contributed by atoms with E-state index < -0.39 is 21.4 Å². The first-order chi connectivity index (χ1) is 6.86. The van der Waals surface area contributed by atoms with E-state index in [1.165, 1.54) is 0 Å². The van der Waals surface area contributed by atoms with E-state index in [0.717, 1.165) is 19.3 Å². The minimum atomic E-state index is -4.58. The first-order valence-electron chi connectivity index (χ1n) is 4.85. The highest BCUT2D eigenvalue weighted by Gasteiger charge is 2.32. The van der Waals surface area contributed by atoms with Crippen molar-refractivity contribution in [2.24, 2.45) is 0 Å². The number of alkyl halides is 2. The summed E-state index contributed by atoms with van der Waals surface area (Å²) in [6.45, 7) is -0.320. The van der Waals surface area contributed by atoms with Gasteiger partial charge in [-0.3, -0.25) is 0 Å². The van der Waals surface area contributed by atoms with Crippen LogP contribution in [0, 0.1) is 0 Å². The SMILES string of the molecule is O=S(=O)(NCC1(O)CCCCC1)C(F)F. The van der Waals surface area contributed by atoms with Crippen molar-refractivity contribution in [3.8, 4) is 0 Å². The number of nitrogens with one attached hydrogen (secondary N) is 1. The highest BCUT2D eigenvalue weighted by Crippen LogP contribution is 2.27. The van der Waals surface area contributed by atoms with Gasteiger partial charge in [-0.05, 0) is 12.8 Å². The van der Waals surface area contributed by atoms with Crippen LogP contribution in [0.4, 0.5) is 8.78 Å². The number of hydrogen-bond donors (Lipinski definition) is 2. The number of sulfonamides is 1. The van der Waals surface area contributed by atoms with Crippen LogP contribution in [-0.2, 0) is 10.0 Å². The second-order valence-corrected chi connectivity index (χ2v) is 5.65. The molecule has 0 spiro atoms. The van der Waals surface area contributed by atoms with Gasteiger partial charge in [0, 0.05) is 6.54 Å². The largest absolute Gasteiger partial charge is 0.389 e. The van der Waals surface area contributed by atoms with Crippen LogP contribution < -0.4 is 4.72 Å². The Labute approximate surface area is 87.7 Å². The maximum absolute atomic E-state index is 12.0. The Balaban J connectivity index is 2.48. The lowest BCUT2D eigenvalue weighted by molar-refractivity contribution is 0.00914. The van der Waals surface area contributed by atoms with Gasteiger partial charge in [0.05, 0.1) is 5.60 Å². The minimum absolute atomic E-state index is 0.320. The van der Waals surface area contributed by atoms with E-state index in [1.807, 2.05) is 0 Å². The van der Waals surface area contributed by atoms with Crippen LogP contribution in [0.3, 0.4) is 0 Å². The van der Waals surface area contributed by atoms with E-state index >= 15 is 0 Å². The van der Waals surface area contributed by atoms with Gasteiger partial charge in [0.15, 0.2) is 0 Å². The zero-order valence-electron chi connectivity index (χ0n) is 8.25. The van der Waals surface area contributed by atoms with Gasteiger partial charge in [0.2, 0.25) is 0 Å². The number of halogens is 2. The van der Waals surface area contributed by atoms with Crippen molar-refractivity contribution in [1.29, 1.82) is 0 Å². The van der Waals surface area contributed by atoms with Gasteiger partial charge in [-0.2, -0.15) is 8.78 Å². The Kier molecular flexibility index (Phi) is 4.02. The summed E-state index contributed by atoms with van der Waals surface area (Å²) >= 11 is 0. The fourth-order valence-electron chi connectivity index (χ4n) is 1.68. The lowest BCUT2D eigenvalue weighted by Gasteiger charge is -2.31. The van der Waals surface area contributed by atoms with Gasteiger partial charge in [-0.1, -0.05) is 19.3 Å². The predicted molar refractivity (Wildman–Crippen MR) is 51.0 cm³/mol.